The smallest absolute Gasteiger partial charge is 0.129 e. The first-order valence-electron chi connectivity index (χ1n) is 5.76. The van der Waals surface area contributed by atoms with E-state index >= 15 is 0 Å². The lowest BCUT2D eigenvalue weighted by Gasteiger charge is -2.08. The summed E-state index contributed by atoms with van der Waals surface area (Å²) < 4.78 is 23.3. The zero-order chi connectivity index (χ0) is 13.0. The molecule has 0 spiro atoms. The van der Waals surface area contributed by atoms with Gasteiger partial charge in [-0.25, -0.2) is 4.39 Å². The van der Waals surface area contributed by atoms with Crippen LogP contribution >= 0.6 is 0 Å². The highest BCUT2D eigenvalue weighted by Crippen LogP contribution is 2.19. The molecule has 1 aromatic heterocycles. The van der Waals surface area contributed by atoms with Crippen molar-refractivity contribution in [1.82, 2.24) is 0 Å². The van der Waals surface area contributed by atoms with Gasteiger partial charge in [-0.1, -0.05) is 12.1 Å². The van der Waals surface area contributed by atoms with E-state index in [4.69, 9.17) is 14.9 Å². The number of nitrogens with two attached hydrogens (primary N) is 1. The number of rotatable bonds is 5. The summed E-state index contributed by atoms with van der Waals surface area (Å²) in [4.78, 5) is 0. The Kier molecular flexibility index (Phi) is 4.12. The third-order valence-corrected chi connectivity index (χ3v) is 2.70. The summed E-state index contributed by atoms with van der Waals surface area (Å²) in [7, 11) is 1.61. The molecule has 3 nitrogen and oxygen atoms in total. The van der Waals surface area contributed by atoms with Gasteiger partial charge in [0.1, 0.15) is 23.9 Å². The SMILES string of the molecule is COCc1ccc(C(N)Cc2ccc(F)cc2)o1. The monoisotopic (exact) mass is 249 g/mol. The predicted molar refractivity (Wildman–Crippen MR) is 66.5 cm³/mol. The van der Waals surface area contributed by atoms with Gasteiger partial charge in [0.05, 0.1) is 6.04 Å². The van der Waals surface area contributed by atoms with Crippen molar-refractivity contribution in [1.29, 1.82) is 0 Å². The fourth-order valence-corrected chi connectivity index (χ4v) is 1.79. The Morgan fingerprint density at radius 3 is 2.61 bits per heavy atom. The van der Waals surface area contributed by atoms with Crippen molar-refractivity contribution >= 4 is 0 Å². The van der Waals surface area contributed by atoms with Crippen LogP contribution in [0.15, 0.2) is 40.8 Å². The molecule has 0 aliphatic rings. The van der Waals surface area contributed by atoms with E-state index in [-0.39, 0.29) is 11.9 Å². The van der Waals surface area contributed by atoms with E-state index in [0.29, 0.717) is 18.8 Å². The van der Waals surface area contributed by atoms with Crippen molar-refractivity contribution in [3.05, 3.63) is 59.3 Å². The summed E-state index contributed by atoms with van der Waals surface area (Å²) >= 11 is 0. The summed E-state index contributed by atoms with van der Waals surface area (Å²) in [5, 5.41) is 0. The van der Waals surface area contributed by atoms with Crippen LogP contribution in [0.5, 0.6) is 0 Å². The average Bonchev–Trinajstić information content (AvgIpc) is 2.81. The molecule has 2 rings (SSSR count). The van der Waals surface area contributed by atoms with Gasteiger partial charge in [-0.2, -0.15) is 0 Å². The van der Waals surface area contributed by atoms with Gasteiger partial charge in [-0.3, -0.25) is 0 Å². The van der Waals surface area contributed by atoms with E-state index in [2.05, 4.69) is 0 Å². The molecule has 2 aromatic rings. The molecular formula is C14H16FNO2. The Balaban J connectivity index is 2.02. The average molecular weight is 249 g/mol. The first kappa shape index (κ1) is 12.8. The van der Waals surface area contributed by atoms with E-state index < -0.39 is 0 Å². The number of methoxy groups -OCH3 is 1. The van der Waals surface area contributed by atoms with E-state index in [1.54, 1.807) is 19.2 Å². The Hall–Kier alpha value is -1.65. The first-order valence-corrected chi connectivity index (χ1v) is 5.76. The summed E-state index contributed by atoms with van der Waals surface area (Å²) in [6.45, 7) is 0.434. The van der Waals surface area contributed by atoms with Crippen LogP contribution in [-0.2, 0) is 17.8 Å². The third kappa shape index (κ3) is 3.18. The number of hydrogen-bond donors (Lipinski definition) is 1. The van der Waals surface area contributed by atoms with E-state index in [1.165, 1.54) is 12.1 Å². The Labute approximate surface area is 105 Å². The second-order valence-electron chi connectivity index (χ2n) is 4.17. The Morgan fingerprint density at radius 1 is 1.22 bits per heavy atom. The summed E-state index contributed by atoms with van der Waals surface area (Å²) in [6.07, 6.45) is 0.611. The van der Waals surface area contributed by atoms with Crippen molar-refractivity contribution in [3.63, 3.8) is 0 Å². The molecule has 0 aliphatic heterocycles. The molecule has 0 bridgehead atoms. The first-order chi connectivity index (χ1) is 8.69. The van der Waals surface area contributed by atoms with Gasteiger partial charge in [0.25, 0.3) is 0 Å². The van der Waals surface area contributed by atoms with Crippen LogP contribution in [0.1, 0.15) is 23.1 Å². The zero-order valence-electron chi connectivity index (χ0n) is 10.2. The van der Waals surface area contributed by atoms with Crippen LogP contribution < -0.4 is 5.73 Å². The molecule has 1 heterocycles. The van der Waals surface area contributed by atoms with Crippen molar-refractivity contribution in [2.45, 2.75) is 19.1 Å². The van der Waals surface area contributed by atoms with Gasteiger partial charge in [-0.15, -0.1) is 0 Å². The van der Waals surface area contributed by atoms with Gasteiger partial charge >= 0.3 is 0 Å². The van der Waals surface area contributed by atoms with Crippen LogP contribution in [-0.4, -0.2) is 7.11 Å². The molecule has 1 atom stereocenters. The minimum absolute atomic E-state index is 0.235. The molecule has 0 saturated heterocycles. The van der Waals surface area contributed by atoms with Gasteiger partial charge in [-0.05, 0) is 36.2 Å². The highest BCUT2D eigenvalue weighted by Gasteiger charge is 2.12. The van der Waals surface area contributed by atoms with Crippen molar-refractivity contribution in [3.8, 4) is 0 Å². The van der Waals surface area contributed by atoms with Crippen molar-refractivity contribution < 1.29 is 13.5 Å². The van der Waals surface area contributed by atoms with Crippen LogP contribution in [0.4, 0.5) is 4.39 Å². The number of hydrogen-bond acceptors (Lipinski definition) is 3. The third-order valence-electron chi connectivity index (χ3n) is 2.70. The quantitative estimate of drug-likeness (QED) is 0.886. The lowest BCUT2D eigenvalue weighted by molar-refractivity contribution is 0.162. The second kappa shape index (κ2) is 5.80. The van der Waals surface area contributed by atoms with Crippen molar-refractivity contribution in [2.75, 3.05) is 7.11 Å². The Bertz CT molecular complexity index is 493. The molecule has 2 N–H and O–H groups in total. The molecule has 0 aliphatic carbocycles. The maximum atomic E-state index is 12.8. The Morgan fingerprint density at radius 2 is 1.94 bits per heavy atom. The van der Waals surface area contributed by atoms with E-state index in [0.717, 1.165) is 11.3 Å². The highest BCUT2D eigenvalue weighted by atomic mass is 19.1. The summed E-state index contributed by atoms with van der Waals surface area (Å²) in [5.74, 6) is 1.22. The van der Waals surface area contributed by atoms with Gasteiger partial charge in [0, 0.05) is 7.11 Å². The van der Waals surface area contributed by atoms with Crippen LogP contribution in [0.25, 0.3) is 0 Å². The highest BCUT2D eigenvalue weighted by molar-refractivity contribution is 5.19. The standard InChI is InChI=1S/C14H16FNO2/c1-17-9-12-6-7-14(18-12)13(16)8-10-2-4-11(15)5-3-10/h2-7,13H,8-9,16H2,1H3. The summed E-state index contributed by atoms with van der Waals surface area (Å²) in [6, 6.07) is 9.79. The van der Waals surface area contributed by atoms with Crippen LogP contribution in [0.2, 0.25) is 0 Å². The number of ether oxygens (including phenoxy) is 1. The predicted octanol–water partition coefficient (Wildman–Crippen LogP) is 2.81. The zero-order valence-corrected chi connectivity index (χ0v) is 10.2. The molecule has 18 heavy (non-hydrogen) atoms. The fourth-order valence-electron chi connectivity index (χ4n) is 1.79. The molecule has 0 fully saturated rings. The molecule has 4 heteroatoms. The van der Waals surface area contributed by atoms with E-state index in [1.807, 2.05) is 12.1 Å². The number of halogens is 1. The fraction of sp³-hybridized carbons (Fsp3) is 0.286. The second-order valence-corrected chi connectivity index (χ2v) is 4.17. The van der Waals surface area contributed by atoms with E-state index in [9.17, 15) is 4.39 Å². The van der Waals surface area contributed by atoms with Gasteiger partial charge in [0.15, 0.2) is 0 Å². The van der Waals surface area contributed by atoms with Crippen molar-refractivity contribution in [2.24, 2.45) is 5.73 Å². The lowest BCUT2D eigenvalue weighted by atomic mass is 10.1. The molecule has 0 radical (unpaired) electrons. The minimum Gasteiger partial charge on any atom is -0.462 e. The number of furan rings is 1. The molecule has 0 saturated carbocycles. The lowest BCUT2D eigenvalue weighted by Crippen LogP contribution is -2.12. The molecule has 0 amide bonds. The minimum atomic E-state index is -0.243. The topological polar surface area (TPSA) is 48.4 Å². The molecule has 1 aromatic carbocycles. The van der Waals surface area contributed by atoms with Crippen LogP contribution in [0.3, 0.4) is 0 Å². The number of benzene rings is 1. The van der Waals surface area contributed by atoms with Crippen LogP contribution in [0, 0.1) is 5.82 Å². The molecule has 96 valence electrons. The maximum absolute atomic E-state index is 12.8. The van der Waals surface area contributed by atoms with Gasteiger partial charge in [0.2, 0.25) is 0 Å². The molecule has 1 unspecified atom stereocenters. The summed E-state index contributed by atoms with van der Waals surface area (Å²) in [5.41, 5.74) is 7.03. The molecular weight excluding hydrogens is 233 g/mol. The maximum Gasteiger partial charge on any atom is 0.129 e. The van der Waals surface area contributed by atoms with Gasteiger partial charge < -0.3 is 14.9 Å². The normalized spacial score (nSPS) is 12.6. The largest absolute Gasteiger partial charge is 0.462 e.